The van der Waals surface area contributed by atoms with Crippen molar-refractivity contribution in [2.24, 2.45) is 0 Å². The van der Waals surface area contributed by atoms with Crippen LogP contribution in [0.15, 0.2) is 185 Å². The molecule has 0 aliphatic carbocycles. The summed E-state index contributed by atoms with van der Waals surface area (Å²) in [5, 5.41) is 5.68. The van der Waals surface area contributed by atoms with Crippen molar-refractivity contribution in [2.45, 2.75) is 53.0 Å². The van der Waals surface area contributed by atoms with Gasteiger partial charge in [0.05, 0.1) is 0 Å². The quantitative estimate of drug-likeness (QED) is 0.121. The predicted octanol–water partition coefficient (Wildman–Crippen LogP) is 9.86. The maximum atomic E-state index is 11.4. The van der Waals surface area contributed by atoms with Crippen molar-refractivity contribution in [3.8, 4) is 0 Å². The number of carbonyl (C=O) groups excluding carboxylic acids is 2. The normalized spacial score (nSPS) is 10.8. The molecule has 4 nitrogen and oxygen atoms in total. The van der Waals surface area contributed by atoms with Crippen molar-refractivity contribution >= 4 is 94.1 Å². The molecule has 6 rings (SSSR count). The Labute approximate surface area is 310 Å². The molecule has 6 aromatic carbocycles. The van der Waals surface area contributed by atoms with Gasteiger partial charge in [0.15, 0.2) is 0 Å². The van der Waals surface area contributed by atoms with Crippen LogP contribution in [0.4, 0.5) is 11.4 Å². The van der Waals surface area contributed by atoms with Crippen LogP contribution in [-0.4, -0.2) is 26.8 Å². The summed E-state index contributed by atoms with van der Waals surface area (Å²) in [6.45, 7) is 3.04. The molecular formula is C40H32N2O2S4Se. The molecule has 9 heteroatoms. The minimum atomic E-state index is -0.0735. The fourth-order valence-corrected chi connectivity index (χ4v) is 11.4. The van der Waals surface area contributed by atoms with Crippen LogP contribution in [0.25, 0.3) is 0 Å². The molecule has 49 heavy (non-hydrogen) atoms. The van der Waals surface area contributed by atoms with Gasteiger partial charge in [0, 0.05) is 13.8 Å². The van der Waals surface area contributed by atoms with Gasteiger partial charge in [0.2, 0.25) is 0 Å². The molecule has 0 aromatic heterocycles. The first kappa shape index (κ1) is 35.0. The van der Waals surface area contributed by atoms with Crippen molar-refractivity contribution < 1.29 is 9.59 Å². The third-order valence-electron chi connectivity index (χ3n) is 6.86. The Balaban J connectivity index is 1.19. The van der Waals surface area contributed by atoms with Gasteiger partial charge in [0.1, 0.15) is 0 Å². The third-order valence-corrected chi connectivity index (χ3v) is 14.6. The second-order valence-corrected chi connectivity index (χ2v) is 17.4. The summed E-state index contributed by atoms with van der Waals surface area (Å²) >= 11 is 7.16. The number of carbonyl (C=O) groups is 2. The van der Waals surface area contributed by atoms with Crippen molar-refractivity contribution in [2.75, 3.05) is 10.6 Å². The molecule has 0 heterocycles. The Morgan fingerprint density at radius 1 is 0.408 bits per heavy atom. The Bertz CT molecular complexity index is 1920. The Hall–Kier alpha value is -3.82. The van der Waals surface area contributed by atoms with E-state index < -0.39 is 0 Å². The van der Waals surface area contributed by atoms with Gasteiger partial charge in [-0.2, -0.15) is 0 Å². The summed E-state index contributed by atoms with van der Waals surface area (Å²) in [6.07, 6.45) is 0. The molecule has 0 aliphatic heterocycles. The zero-order valence-electron chi connectivity index (χ0n) is 26.7. The summed E-state index contributed by atoms with van der Waals surface area (Å²) in [6, 6.07) is 50.5. The predicted molar refractivity (Wildman–Crippen MR) is 209 cm³/mol. The minimum absolute atomic E-state index is 0.0735. The van der Waals surface area contributed by atoms with Gasteiger partial charge in [-0.3, -0.25) is 9.59 Å². The van der Waals surface area contributed by atoms with Crippen LogP contribution in [0.3, 0.4) is 0 Å². The molecule has 0 unspecified atom stereocenters. The van der Waals surface area contributed by atoms with Crippen molar-refractivity contribution in [3.63, 3.8) is 0 Å². The van der Waals surface area contributed by atoms with Gasteiger partial charge in [0.25, 0.3) is 0 Å². The van der Waals surface area contributed by atoms with E-state index in [1.54, 1.807) is 23.5 Å². The molecule has 244 valence electrons. The monoisotopic (exact) mass is 780 g/mol. The first-order valence-electron chi connectivity index (χ1n) is 15.4. The van der Waals surface area contributed by atoms with Crippen LogP contribution >= 0.6 is 47.0 Å². The number of rotatable bonds is 12. The van der Waals surface area contributed by atoms with Crippen LogP contribution < -0.4 is 19.6 Å². The van der Waals surface area contributed by atoms with E-state index >= 15 is 0 Å². The second kappa shape index (κ2) is 17.2. The number of hydrogen-bond donors (Lipinski definition) is 2. The van der Waals surface area contributed by atoms with Crippen LogP contribution in [-0.2, 0) is 9.59 Å². The van der Waals surface area contributed by atoms with Gasteiger partial charge in [-0.05, 0) is 0 Å². The second-order valence-electron chi connectivity index (χ2n) is 10.7. The van der Waals surface area contributed by atoms with E-state index in [-0.39, 0.29) is 26.8 Å². The topological polar surface area (TPSA) is 58.2 Å². The first-order chi connectivity index (χ1) is 23.9. The molecule has 2 N–H and O–H groups in total. The molecule has 2 amide bonds. The molecule has 0 aliphatic rings. The van der Waals surface area contributed by atoms with Gasteiger partial charge >= 0.3 is 290 Å². The molecule has 0 saturated carbocycles. The zero-order valence-corrected chi connectivity index (χ0v) is 31.7. The summed E-state index contributed by atoms with van der Waals surface area (Å²) in [7, 11) is 0. The number of anilines is 2. The number of amides is 2. The Morgan fingerprint density at radius 2 is 0.714 bits per heavy atom. The third kappa shape index (κ3) is 10.1. The molecule has 0 saturated heterocycles. The number of nitrogens with one attached hydrogen (secondary N) is 2. The fourth-order valence-electron chi connectivity index (χ4n) is 4.70. The van der Waals surface area contributed by atoms with Crippen LogP contribution in [0, 0.1) is 0 Å². The van der Waals surface area contributed by atoms with Gasteiger partial charge in [-0.1, -0.05) is 0 Å². The number of hydrogen-bond acceptors (Lipinski definition) is 6. The fraction of sp³-hybridized carbons (Fsp3) is 0.0500. The summed E-state index contributed by atoms with van der Waals surface area (Å²) in [5.41, 5.74) is 1.59. The standard InChI is InChI=1S/C40H32N2O2S4Se/c1-27(43)41-29-19-23-31(24-20-29)45-33-11-3-5-13-35(33)47-37-15-7-9-17-39(37)49-40-18-10-8-16-38(40)48-36-14-6-4-12-34(36)46-32-25-21-30(22-26-32)42-28(2)44/h3-26H,1-2H3,(H,41,43)(H,42,44). The van der Waals surface area contributed by atoms with E-state index in [1.807, 2.05) is 72.1 Å². The molecule has 0 bridgehead atoms. The first-order valence-corrected chi connectivity index (χ1v) is 20.4. The van der Waals surface area contributed by atoms with Crippen molar-refractivity contribution in [1.29, 1.82) is 0 Å². The van der Waals surface area contributed by atoms with E-state index in [0.717, 1.165) is 21.2 Å². The van der Waals surface area contributed by atoms with Crippen molar-refractivity contribution in [3.05, 3.63) is 146 Å². The summed E-state index contributed by atoms with van der Waals surface area (Å²) in [4.78, 5) is 32.4. The van der Waals surface area contributed by atoms with Crippen LogP contribution in [0.1, 0.15) is 13.8 Å². The van der Waals surface area contributed by atoms with E-state index in [0.29, 0.717) is 0 Å². The van der Waals surface area contributed by atoms with E-state index in [2.05, 4.69) is 108 Å². The molecule has 0 atom stereocenters. The zero-order chi connectivity index (χ0) is 34.0. The van der Waals surface area contributed by atoms with E-state index in [1.165, 1.54) is 52.1 Å². The maximum absolute atomic E-state index is 11.4. The van der Waals surface area contributed by atoms with E-state index in [4.69, 9.17) is 0 Å². The number of benzene rings is 6. The average molecular weight is 780 g/mol. The van der Waals surface area contributed by atoms with Crippen LogP contribution in [0.2, 0.25) is 0 Å². The SMILES string of the molecule is CC(=O)Nc1ccc(Sc2ccccc2Sc2ccccc2[Se]c2ccccc2Sc2ccccc2Sc2ccc(NC(C)=O)cc2)cc1. The van der Waals surface area contributed by atoms with Crippen molar-refractivity contribution in [1.82, 2.24) is 0 Å². The Morgan fingerprint density at radius 3 is 1.06 bits per heavy atom. The summed E-state index contributed by atoms with van der Waals surface area (Å²) < 4.78 is 2.68. The van der Waals surface area contributed by atoms with E-state index in [9.17, 15) is 9.59 Å². The van der Waals surface area contributed by atoms with Crippen LogP contribution in [0.5, 0.6) is 0 Å². The molecule has 0 spiro atoms. The van der Waals surface area contributed by atoms with Gasteiger partial charge < -0.3 is 0 Å². The average Bonchev–Trinajstić information content (AvgIpc) is 3.09. The van der Waals surface area contributed by atoms with Gasteiger partial charge in [-0.25, -0.2) is 0 Å². The molecule has 6 aromatic rings. The molecule has 0 radical (unpaired) electrons. The Kier molecular flexibility index (Phi) is 12.3. The summed E-state index contributed by atoms with van der Waals surface area (Å²) in [5.74, 6) is -0.147. The molecular weight excluding hydrogens is 748 g/mol. The van der Waals surface area contributed by atoms with Gasteiger partial charge in [-0.15, -0.1) is 0 Å². The molecule has 0 fully saturated rings.